The SMILES string of the molecule is Cc1cc(F)cc(C(N)C2(N3CCCC3)CCCC2)c1. The fourth-order valence-corrected chi connectivity index (χ4v) is 4.23. The lowest BCUT2D eigenvalue weighted by Crippen LogP contribution is -2.52. The Balaban J connectivity index is 1.94. The molecule has 1 heterocycles. The van der Waals surface area contributed by atoms with Gasteiger partial charge in [-0.15, -0.1) is 0 Å². The average Bonchev–Trinajstić information content (AvgIpc) is 3.08. The molecule has 1 aliphatic heterocycles. The van der Waals surface area contributed by atoms with Gasteiger partial charge in [0.2, 0.25) is 0 Å². The number of likely N-dealkylation sites (tertiary alicyclic amines) is 1. The van der Waals surface area contributed by atoms with Crippen molar-refractivity contribution in [3.8, 4) is 0 Å². The van der Waals surface area contributed by atoms with Crippen LogP contribution in [0.4, 0.5) is 4.39 Å². The summed E-state index contributed by atoms with van der Waals surface area (Å²) in [5.74, 6) is -0.162. The standard InChI is InChI=1S/C17H25FN2/c1-13-10-14(12-15(18)11-13)16(19)17(6-2-3-7-17)20-8-4-5-9-20/h10-12,16H,2-9,19H2,1H3. The summed E-state index contributed by atoms with van der Waals surface area (Å²) in [5, 5.41) is 0. The number of rotatable bonds is 3. The fraction of sp³-hybridized carbons (Fsp3) is 0.647. The largest absolute Gasteiger partial charge is 0.322 e. The maximum Gasteiger partial charge on any atom is 0.123 e. The molecule has 2 aliphatic rings. The van der Waals surface area contributed by atoms with E-state index in [1.807, 2.05) is 6.92 Å². The van der Waals surface area contributed by atoms with Crippen molar-refractivity contribution < 1.29 is 4.39 Å². The lowest BCUT2D eigenvalue weighted by Gasteiger charge is -2.43. The molecular formula is C17H25FN2. The molecule has 2 N–H and O–H groups in total. The average molecular weight is 276 g/mol. The first-order valence-corrected chi connectivity index (χ1v) is 7.89. The molecule has 1 atom stereocenters. The van der Waals surface area contributed by atoms with E-state index in [1.54, 1.807) is 12.1 Å². The van der Waals surface area contributed by atoms with Crippen molar-refractivity contribution in [2.24, 2.45) is 5.73 Å². The third-order valence-corrected chi connectivity index (χ3v) is 5.21. The molecule has 20 heavy (non-hydrogen) atoms. The van der Waals surface area contributed by atoms with Crippen LogP contribution in [0, 0.1) is 12.7 Å². The molecule has 1 unspecified atom stereocenters. The molecule has 0 radical (unpaired) electrons. The summed E-state index contributed by atoms with van der Waals surface area (Å²) in [7, 11) is 0. The van der Waals surface area contributed by atoms with Gasteiger partial charge in [0.15, 0.2) is 0 Å². The van der Waals surface area contributed by atoms with Crippen LogP contribution in [-0.2, 0) is 0 Å². The van der Waals surface area contributed by atoms with Gasteiger partial charge in [0.25, 0.3) is 0 Å². The molecule has 1 aliphatic carbocycles. The molecule has 3 rings (SSSR count). The Labute approximate surface area is 121 Å². The fourth-order valence-electron chi connectivity index (χ4n) is 4.23. The van der Waals surface area contributed by atoms with Crippen LogP contribution in [0.1, 0.15) is 55.7 Å². The number of hydrogen-bond donors (Lipinski definition) is 1. The van der Waals surface area contributed by atoms with Crippen molar-refractivity contribution in [2.75, 3.05) is 13.1 Å². The van der Waals surface area contributed by atoms with E-state index in [-0.39, 0.29) is 17.4 Å². The predicted octanol–water partition coefficient (Wildman–Crippen LogP) is 3.54. The van der Waals surface area contributed by atoms with Crippen molar-refractivity contribution in [1.82, 2.24) is 4.90 Å². The van der Waals surface area contributed by atoms with Gasteiger partial charge in [0.05, 0.1) is 0 Å². The first-order valence-electron chi connectivity index (χ1n) is 7.89. The Morgan fingerprint density at radius 2 is 1.75 bits per heavy atom. The Morgan fingerprint density at radius 3 is 2.35 bits per heavy atom. The highest BCUT2D eigenvalue weighted by molar-refractivity contribution is 5.29. The molecule has 2 nitrogen and oxygen atoms in total. The highest BCUT2D eigenvalue weighted by Gasteiger charge is 2.45. The van der Waals surface area contributed by atoms with E-state index in [4.69, 9.17) is 5.73 Å². The van der Waals surface area contributed by atoms with Gasteiger partial charge in [0, 0.05) is 11.6 Å². The summed E-state index contributed by atoms with van der Waals surface area (Å²) in [4.78, 5) is 2.59. The van der Waals surface area contributed by atoms with Crippen LogP contribution >= 0.6 is 0 Å². The summed E-state index contributed by atoms with van der Waals surface area (Å²) in [6, 6.07) is 5.20. The number of aryl methyl sites for hydroxylation is 1. The number of benzene rings is 1. The minimum Gasteiger partial charge on any atom is -0.322 e. The first-order chi connectivity index (χ1) is 9.62. The monoisotopic (exact) mass is 276 g/mol. The minimum atomic E-state index is -0.162. The molecule has 2 fully saturated rings. The summed E-state index contributed by atoms with van der Waals surface area (Å²) in [5.41, 5.74) is 8.64. The highest BCUT2D eigenvalue weighted by Crippen LogP contribution is 2.45. The van der Waals surface area contributed by atoms with E-state index in [9.17, 15) is 4.39 Å². The Bertz CT molecular complexity index is 454. The van der Waals surface area contributed by atoms with Gasteiger partial charge in [-0.2, -0.15) is 0 Å². The van der Waals surface area contributed by atoms with E-state index < -0.39 is 0 Å². The molecule has 0 aromatic heterocycles. The smallest absolute Gasteiger partial charge is 0.123 e. The summed E-state index contributed by atoms with van der Waals surface area (Å²) >= 11 is 0. The van der Waals surface area contributed by atoms with Crippen LogP contribution in [-0.4, -0.2) is 23.5 Å². The van der Waals surface area contributed by atoms with Gasteiger partial charge in [-0.25, -0.2) is 4.39 Å². The quantitative estimate of drug-likeness (QED) is 0.915. The zero-order chi connectivity index (χ0) is 14.2. The summed E-state index contributed by atoms with van der Waals surface area (Å²) in [6.07, 6.45) is 7.36. The number of nitrogens with two attached hydrogens (primary N) is 1. The summed E-state index contributed by atoms with van der Waals surface area (Å²) < 4.78 is 13.7. The van der Waals surface area contributed by atoms with Crippen LogP contribution in [0.5, 0.6) is 0 Å². The lowest BCUT2D eigenvalue weighted by molar-refractivity contribution is 0.0920. The zero-order valence-corrected chi connectivity index (χ0v) is 12.4. The van der Waals surface area contributed by atoms with Gasteiger partial charge in [-0.05, 0) is 69.0 Å². The number of halogens is 1. The molecule has 0 amide bonds. The third kappa shape index (κ3) is 2.38. The van der Waals surface area contributed by atoms with Crippen LogP contribution in [0.2, 0.25) is 0 Å². The van der Waals surface area contributed by atoms with Gasteiger partial charge >= 0.3 is 0 Å². The van der Waals surface area contributed by atoms with E-state index in [2.05, 4.69) is 11.0 Å². The van der Waals surface area contributed by atoms with Gasteiger partial charge in [0.1, 0.15) is 5.82 Å². The van der Waals surface area contributed by atoms with Crippen LogP contribution in [0.15, 0.2) is 18.2 Å². The minimum absolute atomic E-state index is 0.0662. The highest BCUT2D eigenvalue weighted by atomic mass is 19.1. The third-order valence-electron chi connectivity index (χ3n) is 5.21. The second-order valence-corrected chi connectivity index (χ2v) is 6.54. The molecule has 1 aromatic carbocycles. The Morgan fingerprint density at radius 1 is 1.10 bits per heavy atom. The molecule has 3 heteroatoms. The van der Waals surface area contributed by atoms with E-state index in [0.717, 1.165) is 37.1 Å². The molecule has 0 spiro atoms. The van der Waals surface area contributed by atoms with Crippen LogP contribution < -0.4 is 5.73 Å². The van der Waals surface area contributed by atoms with Crippen molar-refractivity contribution >= 4 is 0 Å². The summed E-state index contributed by atoms with van der Waals surface area (Å²) in [6.45, 7) is 4.25. The lowest BCUT2D eigenvalue weighted by atomic mass is 9.82. The Hall–Kier alpha value is -0.930. The van der Waals surface area contributed by atoms with Crippen LogP contribution in [0.3, 0.4) is 0 Å². The number of nitrogens with zero attached hydrogens (tertiary/aromatic N) is 1. The Kier molecular flexibility index (Phi) is 3.83. The molecule has 0 bridgehead atoms. The van der Waals surface area contributed by atoms with Crippen molar-refractivity contribution in [3.05, 3.63) is 35.1 Å². The molecule has 1 saturated carbocycles. The molecule has 1 saturated heterocycles. The van der Waals surface area contributed by atoms with Gasteiger partial charge < -0.3 is 5.73 Å². The van der Waals surface area contributed by atoms with Gasteiger partial charge in [-0.3, -0.25) is 4.90 Å². The van der Waals surface area contributed by atoms with Crippen LogP contribution in [0.25, 0.3) is 0 Å². The van der Waals surface area contributed by atoms with Gasteiger partial charge in [-0.1, -0.05) is 18.9 Å². The van der Waals surface area contributed by atoms with E-state index in [0.29, 0.717) is 0 Å². The predicted molar refractivity (Wildman–Crippen MR) is 80.1 cm³/mol. The first kappa shape index (κ1) is 14.0. The second-order valence-electron chi connectivity index (χ2n) is 6.54. The normalized spacial score (nSPS) is 24.1. The second kappa shape index (κ2) is 5.45. The maximum absolute atomic E-state index is 13.7. The topological polar surface area (TPSA) is 29.3 Å². The molecule has 1 aromatic rings. The van der Waals surface area contributed by atoms with E-state index >= 15 is 0 Å². The molecule has 110 valence electrons. The zero-order valence-electron chi connectivity index (χ0n) is 12.4. The maximum atomic E-state index is 13.7. The van der Waals surface area contributed by atoms with Crippen molar-refractivity contribution in [3.63, 3.8) is 0 Å². The van der Waals surface area contributed by atoms with Crippen molar-refractivity contribution in [2.45, 2.75) is 57.0 Å². The van der Waals surface area contributed by atoms with Crippen molar-refractivity contribution in [1.29, 1.82) is 0 Å². The molecular weight excluding hydrogens is 251 g/mol. The number of hydrogen-bond acceptors (Lipinski definition) is 2. The van der Waals surface area contributed by atoms with E-state index in [1.165, 1.54) is 25.7 Å².